The van der Waals surface area contributed by atoms with E-state index in [1.807, 2.05) is 36.4 Å². The molecule has 3 heterocycles. The Balaban J connectivity index is 1.21. The standard InChI is InChI=1S/C31H37N3O5/c1-37-29-8-3-2-6-25(29)17-33-31(36)16-27-9-10-28-30(39-27)21-38-20-26(35)19-34(28)18-22-5-4-7-24(15-22)23-11-13-32-14-12-23/h2-8,11-15,26-28,30,35H,9-10,16-21H2,1H3,(H,33,36)/t26-,27-,28-,30+/m1/s1. The summed E-state index contributed by atoms with van der Waals surface area (Å²) in [6.45, 7) is 2.28. The number of amides is 1. The summed E-state index contributed by atoms with van der Waals surface area (Å²) in [6.07, 6.45) is 4.64. The molecule has 0 aliphatic carbocycles. The van der Waals surface area contributed by atoms with E-state index in [2.05, 4.69) is 39.5 Å². The van der Waals surface area contributed by atoms with Gasteiger partial charge in [-0.3, -0.25) is 14.7 Å². The molecule has 206 valence electrons. The molecule has 1 aromatic heterocycles. The van der Waals surface area contributed by atoms with Crippen LogP contribution in [0, 0.1) is 0 Å². The van der Waals surface area contributed by atoms with Crippen LogP contribution in [0.3, 0.4) is 0 Å². The minimum atomic E-state index is -0.562. The summed E-state index contributed by atoms with van der Waals surface area (Å²) in [5.41, 5.74) is 4.38. The highest BCUT2D eigenvalue weighted by Crippen LogP contribution is 2.29. The quantitative estimate of drug-likeness (QED) is 0.459. The average molecular weight is 532 g/mol. The predicted octanol–water partition coefficient (Wildman–Crippen LogP) is 3.57. The van der Waals surface area contributed by atoms with Gasteiger partial charge in [0.1, 0.15) is 5.75 Å². The molecule has 2 saturated heterocycles. The Labute approximate surface area is 229 Å². The molecule has 8 heteroatoms. The van der Waals surface area contributed by atoms with Crippen LogP contribution in [0.2, 0.25) is 0 Å². The third-order valence-corrected chi connectivity index (χ3v) is 7.50. The van der Waals surface area contributed by atoms with E-state index in [4.69, 9.17) is 14.2 Å². The van der Waals surface area contributed by atoms with E-state index in [0.717, 1.165) is 35.3 Å². The summed E-state index contributed by atoms with van der Waals surface area (Å²) < 4.78 is 17.6. The second-order valence-corrected chi connectivity index (χ2v) is 10.3. The highest BCUT2D eigenvalue weighted by molar-refractivity contribution is 5.76. The normalized spacial score (nSPS) is 23.7. The van der Waals surface area contributed by atoms with Crippen LogP contribution in [-0.2, 0) is 27.4 Å². The molecule has 2 aliphatic rings. The fraction of sp³-hybridized carbons (Fsp3) is 0.419. The predicted molar refractivity (Wildman–Crippen MR) is 148 cm³/mol. The van der Waals surface area contributed by atoms with Gasteiger partial charge in [0, 0.05) is 43.6 Å². The first kappa shape index (κ1) is 27.3. The van der Waals surface area contributed by atoms with E-state index in [1.165, 1.54) is 5.56 Å². The highest BCUT2D eigenvalue weighted by Gasteiger charge is 2.38. The molecule has 1 amide bonds. The largest absolute Gasteiger partial charge is 0.496 e. The number of hydrogen-bond donors (Lipinski definition) is 2. The number of benzene rings is 2. The fourth-order valence-electron chi connectivity index (χ4n) is 5.58. The summed E-state index contributed by atoms with van der Waals surface area (Å²) in [5, 5.41) is 13.6. The summed E-state index contributed by atoms with van der Waals surface area (Å²) in [7, 11) is 1.63. The maximum absolute atomic E-state index is 12.8. The van der Waals surface area contributed by atoms with Crippen molar-refractivity contribution in [3.63, 3.8) is 0 Å². The Morgan fingerprint density at radius 2 is 1.92 bits per heavy atom. The van der Waals surface area contributed by atoms with Crippen molar-refractivity contribution in [2.24, 2.45) is 0 Å². The van der Waals surface area contributed by atoms with Gasteiger partial charge in [0.25, 0.3) is 0 Å². The Morgan fingerprint density at radius 1 is 1.08 bits per heavy atom. The molecule has 39 heavy (non-hydrogen) atoms. The van der Waals surface area contributed by atoms with E-state index in [-0.39, 0.29) is 30.8 Å². The number of nitrogens with one attached hydrogen (secondary N) is 1. The zero-order valence-electron chi connectivity index (χ0n) is 22.4. The van der Waals surface area contributed by atoms with E-state index < -0.39 is 6.10 Å². The number of para-hydroxylation sites is 1. The summed E-state index contributed by atoms with van der Waals surface area (Å²) in [6, 6.07) is 20.3. The highest BCUT2D eigenvalue weighted by atomic mass is 16.5. The maximum Gasteiger partial charge on any atom is 0.222 e. The van der Waals surface area contributed by atoms with Gasteiger partial charge in [-0.15, -0.1) is 0 Å². The number of hydrogen-bond acceptors (Lipinski definition) is 7. The van der Waals surface area contributed by atoms with Crippen LogP contribution in [0.1, 0.15) is 30.4 Å². The third-order valence-electron chi connectivity index (χ3n) is 7.50. The molecule has 4 atom stereocenters. The first-order valence-corrected chi connectivity index (χ1v) is 13.6. The Kier molecular flexibility index (Phi) is 9.21. The Bertz CT molecular complexity index is 1220. The van der Waals surface area contributed by atoms with Crippen LogP contribution in [0.25, 0.3) is 11.1 Å². The lowest BCUT2D eigenvalue weighted by atomic mass is 9.94. The zero-order valence-corrected chi connectivity index (χ0v) is 22.4. The van der Waals surface area contributed by atoms with Crippen LogP contribution in [0.4, 0.5) is 0 Å². The number of rotatable bonds is 8. The van der Waals surface area contributed by atoms with Gasteiger partial charge in [-0.1, -0.05) is 36.4 Å². The molecule has 2 N–H and O–H groups in total. The minimum absolute atomic E-state index is 0.0451. The van der Waals surface area contributed by atoms with Crippen LogP contribution in [0.15, 0.2) is 73.1 Å². The topological polar surface area (TPSA) is 93.2 Å². The molecule has 0 unspecified atom stereocenters. The van der Waals surface area contributed by atoms with Gasteiger partial charge in [0.2, 0.25) is 5.91 Å². The van der Waals surface area contributed by atoms with Crippen molar-refractivity contribution in [3.8, 4) is 16.9 Å². The lowest BCUT2D eigenvalue weighted by molar-refractivity contribution is -0.158. The molecule has 0 radical (unpaired) electrons. The molecule has 2 aromatic carbocycles. The van der Waals surface area contributed by atoms with Crippen LogP contribution < -0.4 is 10.1 Å². The van der Waals surface area contributed by atoms with Crippen molar-refractivity contribution < 1.29 is 24.1 Å². The Morgan fingerprint density at radius 3 is 2.77 bits per heavy atom. The van der Waals surface area contributed by atoms with Crippen molar-refractivity contribution in [2.75, 3.05) is 26.9 Å². The summed E-state index contributed by atoms with van der Waals surface area (Å²) >= 11 is 0. The number of β-amino-alcohol motifs (C(OH)–C–C–N with tert-alkyl or cyclic N) is 1. The van der Waals surface area contributed by atoms with Crippen molar-refractivity contribution in [2.45, 2.75) is 56.7 Å². The van der Waals surface area contributed by atoms with Crippen molar-refractivity contribution >= 4 is 5.91 Å². The number of aromatic nitrogens is 1. The number of pyridine rings is 1. The average Bonchev–Trinajstić information content (AvgIpc) is 2.96. The number of carbonyl (C=O) groups is 1. The summed E-state index contributed by atoms with van der Waals surface area (Å²) in [5.74, 6) is 0.714. The molecule has 2 aliphatic heterocycles. The number of nitrogens with zero attached hydrogens (tertiary/aromatic N) is 2. The lowest BCUT2D eigenvalue weighted by Crippen LogP contribution is -2.55. The molecule has 0 bridgehead atoms. The third kappa shape index (κ3) is 7.22. The van der Waals surface area contributed by atoms with Crippen molar-refractivity contribution in [3.05, 3.63) is 84.2 Å². The number of ether oxygens (including phenoxy) is 3. The first-order chi connectivity index (χ1) is 19.1. The number of carbonyl (C=O) groups excluding carboxylic acids is 1. The summed E-state index contributed by atoms with van der Waals surface area (Å²) in [4.78, 5) is 19.2. The lowest BCUT2D eigenvalue weighted by Gasteiger charge is -2.44. The second-order valence-electron chi connectivity index (χ2n) is 10.3. The number of aliphatic hydroxyl groups is 1. The van der Waals surface area contributed by atoms with Gasteiger partial charge in [-0.2, -0.15) is 0 Å². The second kappa shape index (κ2) is 13.2. The van der Waals surface area contributed by atoms with Gasteiger partial charge in [-0.05, 0) is 53.8 Å². The van der Waals surface area contributed by atoms with Gasteiger partial charge in [0.05, 0.1) is 45.1 Å². The van der Waals surface area contributed by atoms with E-state index in [9.17, 15) is 9.90 Å². The Hall–Kier alpha value is -3.30. The maximum atomic E-state index is 12.8. The van der Waals surface area contributed by atoms with E-state index in [0.29, 0.717) is 32.7 Å². The monoisotopic (exact) mass is 531 g/mol. The molecule has 3 aromatic rings. The van der Waals surface area contributed by atoms with Gasteiger partial charge in [-0.25, -0.2) is 0 Å². The minimum Gasteiger partial charge on any atom is -0.496 e. The van der Waals surface area contributed by atoms with Crippen LogP contribution in [-0.4, -0.2) is 72.1 Å². The smallest absolute Gasteiger partial charge is 0.222 e. The van der Waals surface area contributed by atoms with Gasteiger partial charge >= 0.3 is 0 Å². The van der Waals surface area contributed by atoms with Gasteiger partial charge < -0.3 is 24.6 Å². The van der Waals surface area contributed by atoms with Crippen LogP contribution >= 0.6 is 0 Å². The molecular weight excluding hydrogens is 494 g/mol. The molecule has 0 saturated carbocycles. The SMILES string of the molecule is COc1ccccc1CNC(=O)C[C@H]1CC[C@@H]2[C@H](COC[C@H](O)CN2Cc2cccc(-c3ccncc3)c2)O1. The van der Waals surface area contributed by atoms with Crippen molar-refractivity contribution in [1.29, 1.82) is 0 Å². The van der Waals surface area contributed by atoms with Crippen LogP contribution in [0.5, 0.6) is 5.75 Å². The molecular formula is C31H37N3O5. The van der Waals surface area contributed by atoms with Crippen molar-refractivity contribution in [1.82, 2.24) is 15.2 Å². The van der Waals surface area contributed by atoms with E-state index in [1.54, 1.807) is 19.5 Å². The first-order valence-electron chi connectivity index (χ1n) is 13.6. The number of methoxy groups -OCH3 is 1. The number of aliphatic hydroxyl groups excluding tert-OH is 1. The zero-order chi connectivity index (χ0) is 27.0. The molecule has 0 spiro atoms. The fourth-order valence-corrected chi connectivity index (χ4v) is 5.58. The molecule has 5 rings (SSSR count). The molecule has 8 nitrogen and oxygen atoms in total. The number of fused-ring (bicyclic) bond motifs is 1. The van der Waals surface area contributed by atoms with Gasteiger partial charge in [0.15, 0.2) is 0 Å². The molecule has 2 fully saturated rings. The van der Waals surface area contributed by atoms with E-state index >= 15 is 0 Å².